The van der Waals surface area contributed by atoms with Gasteiger partial charge in [-0.1, -0.05) is 60.2 Å². The van der Waals surface area contributed by atoms with Crippen LogP contribution in [0.5, 0.6) is 5.75 Å². The Morgan fingerprint density at radius 3 is 2.39 bits per heavy atom. The molecule has 0 unspecified atom stereocenters. The number of rotatable bonds is 4. The first-order chi connectivity index (χ1) is 13.5. The molecule has 0 aliphatic carbocycles. The second-order valence-electron chi connectivity index (χ2n) is 6.79. The Morgan fingerprint density at radius 2 is 1.68 bits per heavy atom. The molecule has 0 fully saturated rings. The Bertz CT molecular complexity index is 1140. The molecule has 1 aliphatic rings. The van der Waals surface area contributed by atoms with Gasteiger partial charge in [0, 0.05) is 12.0 Å². The number of hydrogen-bond acceptors (Lipinski definition) is 4. The zero-order valence-electron chi connectivity index (χ0n) is 15.4. The molecule has 4 rings (SSSR count). The van der Waals surface area contributed by atoms with E-state index in [0.29, 0.717) is 17.7 Å². The minimum absolute atomic E-state index is 0.0863. The van der Waals surface area contributed by atoms with Gasteiger partial charge in [-0.25, -0.2) is 0 Å². The molecule has 0 spiro atoms. The summed E-state index contributed by atoms with van der Waals surface area (Å²) < 4.78 is 27.8. The third-order valence-corrected chi connectivity index (χ3v) is 6.50. The summed E-state index contributed by atoms with van der Waals surface area (Å²) >= 11 is 0. The van der Waals surface area contributed by atoms with Gasteiger partial charge < -0.3 is 5.11 Å². The van der Waals surface area contributed by atoms with Gasteiger partial charge in [-0.05, 0) is 36.8 Å². The van der Waals surface area contributed by atoms with Crippen LogP contribution in [0.1, 0.15) is 29.2 Å². The van der Waals surface area contributed by atoms with Gasteiger partial charge in [0.25, 0.3) is 10.0 Å². The number of para-hydroxylation sites is 1. The molecule has 0 saturated carbocycles. The highest BCUT2D eigenvalue weighted by Gasteiger charge is 2.38. The van der Waals surface area contributed by atoms with Gasteiger partial charge >= 0.3 is 0 Å². The highest BCUT2D eigenvalue weighted by atomic mass is 32.2. The average Bonchev–Trinajstić information content (AvgIpc) is 3.15. The summed E-state index contributed by atoms with van der Waals surface area (Å²) in [6.07, 6.45) is 0.382. The minimum Gasteiger partial charge on any atom is -0.507 e. The summed E-state index contributed by atoms with van der Waals surface area (Å²) in [5, 5.41) is 14.7. The standard InChI is InChI=1S/C22H20N2O3S/c1-16-8-7-9-17(14-16)21-15-20(19-12-5-6-13-22(19)25)23-24(21)28(26,27)18-10-3-2-4-11-18/h2-14,21,25H,15H2,1H3/t21-/m1/s1. The Kier molecular flexibility index (Phi) is 4.65. The molecule has 1 N–H and O–H groups in total. The van der Waals surface area contributed by atoms with E-state index in [1.165, 1.54) is 4.41 Å². The molecule has 1 atom stereocenters. The summed E-state index contributed by atoms with van der Waals surface area (Å²) in [7, 11) is -3.84. The molecule has 6 heteroatoms. The van der Waals surface area contributed by atoms with E-state index in [0.717, 1.165) is 11.1 Å². The summed E-state index contributed by atoms with van der Waals surface area (Å²) in [5.74, 6) is 0.0863. The lowest BCUT2D eigenvalue weighted by Crippen LogP contribution is -2.27. The number of benzene rings is 3. The number of sulfonamides is 1. The molecule has 0 aromatic heterocycles. The molecule has 28 heavy (non-hydrogen) atoms. The quantitative estimate of drug-likeness (QED) is 0.722. The summed E-state index contributed by atoms with van der Waals surface area (Å²) in [6.45, 7) is 1.97. The van der Waals surface area contributed by atoms with Crippen molar-refractivity contribution in [1.29, 1.82) is 0 Å². The second kappa shape index (κ2) is 7.13. The highest BCUT2D eigenvalue weighted by molar-refractivity contribution is 7.89. The van der Waals surface area contributed by atoms with E-state index in [1.54, 1.807) is 54.6 Å². The lowest BCUT2D eigenvalue weighted by molar-refractivity contribution is 0.371. The largest absolute Gasteiger partial charge is 0.507 e. The van der Waals surface area contributed by atoms with Crippen molar-refractivity contribution in [1.82, 2.24) is 4.41 Å². The first kappa shape index (κ1) is 18.3. The van der Waals surface area contributed by atoms with Crippen molar-refractivity contribution in [2.24, 2.45) is 5.10 Å². The van der Waals surface area contributed by atoms with Crippen LogP contribution in [0.3, 0.4) is 0 Å². The van der Waals surface area contributed by atoms with Crippen LogP contribution in [0.2, 0.25) is 0 Å². The van der Waals surface area contributed by atoms with Crippen LogP contribution >= 0.6 is 0 Å². The van der Waals surface area contributed by atoms with Crippen molar-refractivity contribution in [2.75, 3.05) is 0 Å². The molecular formula is C22H20N2O3S. The minimum atomic E-state index is -3.84. The van der Waals surface area contributed by atoms with E-state index in [4.69, 9.17) is 0 Å². The molecule has 5 nitrogen and oxygen atoms in total. The molecular weight excluding hydrogens is 372 g/mol. The van der Waals surface area contributed by atoms with Crippen LogP contribution < -0.4 is 0 Å². The topological polar surface area (TPSA) is 70.0 Å². The van der Waals surface area contributed by atoms with Crippen LogP contribution in [-0.4, -0.2) is 23.7 Å². The van der Waals surface area contributed by atoms with Crippen LogP contribution in [0.15, 0.2) is 88.9 Å². The maximum absolute atomic E-state index is 13.3. The van der Waals surface area contributed by atoms with Crippen molar-refractivity contribution in [3.63, 3.8) is 0 Å². The smallest absolute Gasteiger partial charge is 0.279 e. The van der Waals surface area contributed by atoms with Crippen LogP contribution in [-0.2, 0) is 10.0 Å². The van der Waals surface area contributed by atoms with E-state index in [-0.39, 0.29) is 10.6 Å². The number of phenolic OH excluding ortho intramolecular Hbond substituents is 1. The third kappa shape index (κ3) is 3.27. The fraction of sp³-hybridized carbons (Fsp3) is 0.136. The van der Waals surface area contributed by atoms with Crippen LogP contribution in [0, 0.1) is 6.92 Å². The van der Waals surface area contributed by atoms with Crippen molar-refractivity contribution in [2.45, 2.75) is 24.3 Å². The van der Waals surface area contributed by atoms with Crippen LogP contribution in [0.4, 0.5) is 0 Å². The predicted molar refractivity (Wildman–Crippen MR) is 109 cm³/mol. The van der Waals surface area contributed by atoms with E-state index in [1.807, 2.05) is 31.2 Å². The summed E-state index contributed by atoms with van der Waals surface area (Å²) in [5.41, 5.74) is 3.01. The Balaban J connectivity index is 1.84. The van der Waals surface area contributed by atoms with Gasteiger partial charge in [0.15, 0.2) is 0 Å². The van der Waals surface area contributed by atoms with E-state index < -0.39 is 16.1 Å². The van der Waals surface area contributed by atoms with Gasteiger partial charge in [0.1, 0.15) is 5.75 Å². The lowest BCUT2D eigenvalue weighted by Gasteiger charge is -2.23. The molecule has 3 aromatic rings. The average molecular weight is 392 g/mol. The number of aryl methyl sites for hydroxylation is 1. The molecule has 1 heterocycles. The molecule has 0 bridgehead atoms. The van der Waals surface area contributed by atoms with Crippen LogP contribution in [0.25, 0.3) is 0 Å². The summed E-state index contributed by atoms with van der Waals surface area (Å²) in [4.78, 5) is 0.190. The maximum atomic E-state index is 13.3. The molecule has 3 aromatic carbocycles. The van der Waals surface area contributed by atoms with Crippen molar-refractivity contribution in [3.8, 4) is 5.75 Å². The number of hydrazone groups is 1. The summed E-state index contributed by atoms with van der Waals surface area (Å²) in [6, 6.07) is 22.4. The monoisotopic (exact) mass is 392 g/mol. The van der Waals surface area contributed by atoms with E-state index in [9.17, 15) is 13.5 Å². The predicted octanol–water partition coefficient (Wildman–Crippen LogP) is 4.24. The molecule has 0 amide bonds. The van der Waals surface area contributed by atoms with Gasteiger partial charge in [-0.15, -0.1) is 0 Å². The third-order valence-electron chi connectivity index (χ3n) is 4.80. The molecule has 1 aliphatic heterocycles. The number of hydrogen-bond donors (Lipinski definition) is 1. The van der Waals surface area contributed by atoms with Crippen molar-refractivity contribution < 1.29 is 13.5 Å². The second-order valence-corrected chi connectivity index (χ2v) is 8.58. The fourth-order valence-electron chi connectivity index (χ4n) is 3.42. The molecule has 0 radical (unpaired) electrons. The number of nitrogens with zero attached hydrogens (tertiary/aromatic N) is 2. The Hall–Kier alpha value is -3.12. The van der Waals surface area contributed by atoms with Gasteiger partial charge in [-0.2, -0.15) is 17.9 Å². The number of phenols is 1. The fourth-order valence-corrected chi connectivity index (χ4v) is 4.87. The zero-order chi connectivity index (χ0) is 19.7. The van der Waals surface area contributed by atoms with Crippen molar-refractivity contribution in [3.05, 3.63) is 95.6 Å². The Labute approximate surface area is 164 Å². The van der Waals surface area contributed by atoms with Gasteiger partial charge in [-0.3, -0.25) is 0 Å². The Morgan fingerprint density at radius 1 is 0.964 bits per heavy atom. The first-order valence-electron chi connectivity index (χ1n) is 8.99. The molecule has 142 valence electrons. The maximum Gasteiger partial charge on any atom is 0.279 e. The number of aromatic hydroxyl groups is 1. The van der Waals surface area contributed by atoms with Gasteiger partial charge in [0.05, 0.1) is 16.6 Å². The normalized spacial score (nSPS) is 16.8. The van der Waals surface area contributed by atoms with E-state index >= 15 is 0 Å². The van der Waals surface area contributed by atoms with Crippen molar-refractivity contribution >= 4 is 15.7 Å². The first-order valence-corrected chi connectivity index (χ1v) is 10.4. The van der Waals surface area contributed by atoms with E-state index in [2.05, 4.69) is 5.10 Å². The highest BCUT2D eigenvalue weighted by Crippen LogP contribution is 2.38. The zero-order valence-corrected chi connectivity index (χ0v) is 16.2. The van der Waals surface area contributed by atoms with Gasteiger partial charge in [0.2, 0.25) is 0 Å². The lowest BCUT2D eigenvalue weighted by atomic mass is 9.98. The molecule has 0 saturated heterocycles. The SMILES string of the molecule is Cc1cccc([C@H]2CC(c3ccccc3O)=NN2S(=O)(=O)c2ccccc2)c1.